The summed E-state index contributed by atoms with van der Waals surface area (Å²) in [5.41, 5.74) is 0. The summed E-state index contributed by atoms with van der Waals surface area (Å²) in [4.78, 5) is 16.2. The van der Waals surface area contributed by atoms with Crippen molar-refractivity contribution >= 4 is 5.91 Å². The fraction of sp³-hybridized carbons (Fsp3) is 0.786. The van der Waals surface area contributed by atoms with Gasteiger partial charge in [-0.25, -0.2) is 4.98 Å². The Morgan fingerprint density at radius 3 is 2.84 bits per heavy atom. The largest absolute Gasteiger partial charge is 0.356 e. The molecule has 3 saturated carbocycles. The summed E-state index contributed by atoms with van der Waals surface area (Å²) >= 11 is 0. The summed E-state index contributed by atoms with van der Waals surface area (Å²) in [5.74, 6) is 4.80. The Labute approximate surface area is 112 Å². The first-order valence-electron chi connectivity index (χ1n) is 7.46. The number of hydrogen-bond acceptors (Lipinski definition) is 3. The molecule has 1 aromatic rings. The smallest absolute Gasteiger partial charge is 0.223 e. The average molecular weight is 260 g/mol. The van der Waals surface area contributed by atoms with E-state index in [-0.39, 0.29) is 0 Å². The molecule has 0 aromatic carbocycles. The Balaban J connectivity index is 1.21. The summed E-state index contributed by atoms with van der Waals surface area (Å²) in [6, 6.07) is 0. The minimum absolute atomic E-state index is 0.309. The van der Waals surface area contributed by atoms with E-state index in [2.05, 4.69) is 20.5 Å². The lowest BCUT2D eigenvalue weighted by Gasteiger charge is -2.09. The monoisotopic (exact) mass is 260 g/mol. The molecule has 3 aliphatic rings. The molecule has 1 heterocycles. The molecule has 3 aliphatic carbocycles. The lowest BCUT2D eigenvalue weighted by Crippen LogP contribution is -2.28. The van der Waals surface area contributed by atoms with Crippen LogP contribution in [0.2, 0.25) is 0 Å². The van der Waals surface area contributed by atoms with Crippen LogP contribution in [0.1, 0.15) is 31.5 Å². The molecule has 0 aliphatic heterocycles. The average Bonchev–Trinajstić information content (AvgIpc) is 2.82. The van der Waals surface area contributed by atoms with Crippen molar-refractivity contribution in [2.45, 2.75) is 32.1 Å². The molecule has 4 unspecified atom stereocenters. The zero-order chi connectivity index (χ0) is 12.8. The maximum Gasteiger partial charge on any atom is 0.223 e. The Morgan fingerprint density at radius 1 is 1.37 bits per heavy atom. The van der Waals surface area contributed by atoms with Crippen LogP contribution in [-0.2, 0) is 11.2 Å². The number of carbonyl (C=O) groups excluding carboxylic acids is 1. The number of fused-ring (bicyclic) bond motifs is 5. The fourth-order valence-corrected chi connectivity index (χ4v) is 4.61. The number of amides is 1. The number of H-pyrrole nitrogens is 1. The lowest BCUT2D eigenvalue weighted by molar-refractivity contribution is -0.123. The number of nitrogens with one attached hydrogen (secondary N) is 2. The SMILES string of the molecule is O=C(NCCCc1ncn[nH]1)C1C2C3CCC(C3)C12. The molecule has 0 spiro atoms. The standard InChI is InChI=1S/C14H20N4O/c19-14(15-5-1-2-10-16-7-17-18-10)13-11-8-3-4-9(6-8)12(11)13/h7-9,11-13H,1-6H2,(H,15,19)(H,16,17,18). The predicted octanol–water partition coefficient (Wildman–Crippen LogP) is 1.15. The van der Waals surface area contributed by atoms with E-state index in [0.717, 1.165) is 48.9 Å². The van der Waals surface area contributed by atoms with Gasteiger partial charge in [-0.05, 0) is 49.4 Å². The zero-order valence-corrected chi connectivity index (χ0v) is 11.0. The number of aromatic nitrogens is 3. The molecule has 1 amide bonds. The predicted molar refractivity (Wildman–Crippen MR) is 69.0 cm³/mol. The summed E-state index contributed by atoms with van der Waals surface area (Å²) in [6.07, 6.45) is 7.46. The molecule has 0 saturated heterocycles. The van der Waals surface area contributed by atoms with E-state index >= 15 is 0 Å². The third-order valence-corrected chi connectivity index (χ3v) is 5.39. The summed E-state index contributed by atoms with van der Waals surface area (Å²) in [7, 11) is 0. The van der Waals surface area contributed by atoms with Crippen molar-refractivity contribution in [3.05, 3.63) is 12.2 Å². The molecule has 4 rings (SSSR count). The van der Waals surface area contributed by atoms with E-state index in [9.17, 15) is 4.79 Å². The molecule has 0 radical (unpaired) electrons. The lowest BCUT2D eigenvalue weighted by atomic mass is 10.0. The van der Waals surface area contributed by atoms with Gasteiger partial charge in [0.2, 0.25) is 5.91 Å². The highest BCUT2D eigenvalue weighted by atomic mass is 16.2. The maximum atomic E-state index is 12.2. The van der Waals surface area contributed by atoms with Crippen LogP contribution < -0.4 is 5.32 Å². The number of aryl methyl sites for hydroxylation is 1. The Kier molecular flexibility index (Phi) is 2.60. The van der Waals surface area contributed by atoms with Gasteiger partial charge in [-0.15, -0.1) is 0 Å². The van der Waals surface area contributed by atoms with E-state index in [4.69, 9.17) is 0 Å². The van der Waals surface area contributed by atoms with Crippen LogP contribution >= 0.6 is 0 Å². The molecule has 4 atom stereocenters. The van der Waals surface area contributed by atoms with Crippen molar-refractivity contribution in [1.82, 2.24) is 20.5 Å². The molecule has 102 valence electrons. The number of nitrogens with zero attached hydrogens (tertiary/aromatic N) is 2. The molecule has 5 heteroatoms. The molecule has 2 bridgehead atoms. The third-order valence-electron chi connectivity index (χ3n) is 5.39. The van der Waals surface area contributed by atoms with Gasteiger partial charge in [0.05, 0.1) is 0 Å². The second-order valence-corrected chi connectivity index (χ2v) is 6.34. The van der Waals surface area contributed by atoms with Gasteiger partial charge in [0.1, 0.15) is 12.2 Å². The van der Waals surface area contributed by atoms with Gasteiger partial charge in [0.15, 0.2) is 0 Å². The minimum Gasteiger partial charge on any atom is -0.356 e. The molecule has 1 aromatic heterocycles. The van der Waals surface area contributed by atoms with Crippen LogP contribution in [0.5, 0.6) is 0 Å². The van der Waals surface area contributed by atoms with Crippen LogP contribution in [0.25, 0.3) is 0 Å². The highest BCUT2D eigenvalue weighted by Crippen LogP contribution is 2.69. The van der Waals surface area contributed by atoms with Crippen molar-refractivity contribution in [3.63, 3.8) is 0 Å². The van der Waals surface area contributed by atoms with Crippen molar-refractivity contribution in [2.75, 3.05) is 6.54 Å². The second kappa shape index (κ2) is 4.32. The molecule has 5 nitrogen and oxygen atoms in total. The van der Waals surface area contributed by atoms with Gasteiger partial charge in [-0.2, -0.15) is 5.10 Å². The highest BCUT2D eigenvalue weighted by molar-refractivity contribution is 5.82. The summed E-state index contributed by atoms with van der Waals surface area (Å²) in [5, 5.41) is 9.76. The molecular weight excluding hydrogens is 240 g/mol. The van der Waals surface area contributed by atoms with Crippen LogP contribution in [0.3, 0.4) is 0 Å². The zero-order valence-electron chi connectivity index (χ0n) is 11.0. The fourth-order valence-electron chi connectivity index (χ4n) is 4.61. The van der Waals surface area contributed by atoms with E-state index in [1.54, 1.807) is 0 Å². The van der Waals surface area contributed by atoms with Gasteiger partial charge < -0.3 is 5.32 Å². The number of carbonyl (C=O) groups is 1. The van der Waals surface area contributed by atoms with Crippen molar-refractivity contribution in [2.24, 2.45) is 29.6 Å². The number of aromatic amines is 1. The summed E-state index contributed by atoms with van der Waals surface area (Å²) < 4.78 is 0. The maximum absolute atomic E-state index is 12.2. The first-order valence-corrected chi connectivity index (χ1v) is 7.46. The number of rotatable bonds is 5. The second-order valence-electron chi connectivity index (χ2n) is 6.34. The van der Waals surface area contributed by atoms with E-state index in [0.29, 0.717) is 11.8 Å². The van der Waals surface area contributed by atoms with Gasteiger partial charge in [0, 0.05) is 18.9 Å². The van der Waals surface area contributed by atoms with Crippen LogP contribution in [-0.4, -0.2) is 27.6 Å². The van der Waals surface area contributed by atoms with Gasteiger partial charge in [-0.1, -0.05) is 0 Å². The van der Waals surface area contributed by atoms with E-state index in [1.165, 1.54) is 25.6 Å². The van der Waals surface area contributed by atoms with Crippen LogP contribution in [0, 0.1) is 29.6 Å². The molecule has 3 fully saturated rings. The number of hydrogen-bond donors (Lipinski definition) is 2. The van der Waals surface area contributed by atoms with Gasteiger partial charge in [-0.3, -0.25) is 9.89 Å². The van der Waals surface area contributed by atoms with Crippen LogP contribution in [0.4, 0.5) is 0 Å². The van der Waals surface area contributed by atoms with Gasteiger partial charge >= 0.3 is 0 Å². The van der Waals surface area contributed by atoms with Crippen molar-refractivity contribution in [1.29, 1.82) is 0 Å². The molecule has 19 heavy (non-hydrogen) atoms. The topological polar surface area (TPSA) is 70.7 Å². The minimum atomic E-state index is 0.309. The highest BCUT2D eigenvalue weighted by Gasteiger charge is 2.67. The van der Waals surface area contributed by atoms with Gasteiger partial charge in [0.25, 0.3) is 0 Å². The Morgan fingerprint density at radius 2 is 2.16 bits per heavy atom. The Hall–Kier alpha value is -1.39. The molecule has 2 N–H and O–H groups in total. The Bertz CT molecular complexity index is 456. The quantitative estimate of drug-likeness (QED) is 0.780. The first-order chi connectivity index (χ1) is 9.34. The van der Waals surface area contributed by atoms with Crippen molar-refractivity contribution < 1.29 is 4.79 Å². The van der Waals surface area contributed by atoms with Crippen molar-refractivity contribution in [3.8, 4) is 0 Å². The van der Waals surface area contributed by atoms with Crippen LogP contribution in [0.15, 0.2) is 6.33 Å². The van der Waals surface area contributed by atoms with E-state index < -0.39 is 0 Å². The summed E-state index contributed by atoms with van der Waals surface area (Å²) in [6.45, 7) is 0.755. The van der Waals surface area contributed by atoms with E-state index in [1.807, 2.05) is 0 Å². The first kappa shape index (κ1) is 11.4. The normalized spacial score (nSPS) is 38.2. The molecular formula is C14H20N4O. The third kappa shape index (κ3) is 1.86.